The number of para-hydroxylation sites is 2. The molecule has 198 valence electrons. The monoisotopic (exact) mass is 514 g/mol. The van der Waals surface area contributed by atoms with Gasteiger partial charge in [-0.05, 0) is 63.3 Å². The van der Waals surface area contributed by atoms with Crippen molar-refractivity contribution >= 4 is 22.8 Å². The molecule has 0 saturated heterocycles. The molecule has 2 amide bonds. The second-order valence-corrected chi connectivity index (χ2v) is 9.79. The Morgan fingerprint density at radius 2 is 1.92 bits per heavy atom. The number of hydrogen-bond acceptors (Lipinski definition) is 6. The van der Waals surface area contributed by atoms with Crippen molar-refractivity contribution in [2.45, 2.75) is 57.3 Å². The fourth-order valence-corrected chi connectivity index (χ4v) is 4.14. The van der Waals surface area contributed by atoms with E-state index in [1.165, 1.54) is 30.3 Å². The molecule has 37 heavy (non-hydrogen) atoms. The summed E-state index contributed by atoms with van der Waals surface area (Å²) in [7, 11) is 0. The molecular formula is C26H31FN4O6. The molecule has 0 aliphatic heterocycles. The Hall–Kier alpha value is -3.83. The predicted octanol–water partition coefficient (Wildman–Crippen LogP) is 1.79. The maximum atomic E-state index is 13.8. The lowest BCUT2D eigenvalue weighted by molar-refractivity contribution is -0.464. The third kappa shape index (κ3) is 7.34. The van der Waals surface area contributed by atoms with Gasteiger partial charge in [-0.15, -0.1) is 0 Å². The number of hydrogen-bond donors (Lipinski definition) is 4. The van der Waals surface area contributed by atoms with Crippen LogP contribution in [0.15, 0.2) is 54.7 Å². The van der Waals surface area contributed by atoms with Gasteiger partial charge in [0.2, 0.25) is 5.91 Å². The van der Waals surface area contributed by atoms with Crippen LogP contribution in [-0.2, 0) is 11.2 Å². The largest absolute Gasteiger partial charge is 0.805 e. The smallest absolute Gasteiger partial charge is 0.286 e. The molecule has 1 heterocycles. The number of aliphatic hydroxyl groups excluding tert-OH is 1. The normalized spacial score (nSPS) is 14.2. The van der Waals surface area contributed by atoms with E-state index in [4.69, 9.17) is 5.73 Å². The number of nitrogens with zero attached hydrogens (tertiary/aromatic N) is 2. The molecule has 10 nitrogen and oxygen atoms in total. The summed E-state index contributed by atoms with van der Waals surface area (Å²) in [5.41, 5.74) is 4.46. The molecule has 0 bridgehead atoms. The topological polar surface area (TPSA) is 164 Å². The Bertz CT molecular complexity index is 1340. The van der Waals surface area contributed by atoms with Crippen LogP contribution in [0, 0.1) is 21.8 Å². The van der Waals surface area contributed by atoms with Crippen LogP contribution in [0.2, 0.25) is 0 Å². The number of primary amides is 1. The summed E-state index contributed by atoms with van der Waals surface area (Å²) in [5, 5.41) is 36.5. The highest BCUT2D eigenvalue weighted by molar-refractivity contribution is 5.94. The lowest BCUT2D eigenvalue weighted by atomic mass is 9.87. The minimum Gasteiger partial charge on any atom is -0.805 e. The number of carbonyl (C=O) groups is 2. The van der Waals surface area contributed by atoms with E-state index in [0.717, 1.165) is 6.20 Å². The van der Waals surface area contributed by atoms with Crippen LogP contribution in [0.4, 0.5) is 4.39 Å². The van der Waals surface area contributed by atoms with Crippen molar-refractivity contribution in [2.24, 2.45) is 11.7 Å². The van der Waals surface area contributed by atoms with Gasteiger partial charge in [0.25, 0.3) is 17.6 Å². The quantitative estimate of drug-likeness (QED) is 0.285. The highest BCUT2D eigenvalue weighted by atomic mass is 19.1. The van der Waals surface area contributed by atoms with Crippen LogP contribution >= 0.6 is 0 Å². The lowest BCUT2D eigenvalue weighted by Crippen LogP contribution is -2.47. The summed E-state index contributed by atoms with van der Waals surface area (Å²) in [5.74, 6) is -2.95. The van der Waals surface area contributed by atoms with Gasteiger partial charge in [0.15, 0.2) is 5.69 Å². The summed E-state index contributed by atoms with van der Waals surface area (Å²) in [6, 6.07) is 10.5. The summed E-state index contributed by atoms with van der Waals surface area (Å²) in [4.78, 5) is 37.6. The third-order valence-corrected chi connectivity index (χ3v) is 6.19. The second-order valence-electron chi connectivity index (χ2n) is 9.79. The van der Waals surface area contributed by atoms with Crippen molar-refractivity contribution in [3.8, 4) is 0 Å². The van der Waals surface area contributed by atoms with Crippen LogP contribution < -0.4 is 15.5 Å². The van der Waals surface area contributed by atoms with Crippen LogP contribution in [0.25, 0.3) is 11.0 Å². The number of nitrogens with two attached hydrogens (primary N) is 1. The maximum absolute atomic E-state index is 13.8. The van der Waals surface area contributed by atoms with E-state index in [2.05, 4.69) is 5.32 Å². The Morgan fingerprint density at radius 3 is 2.57 bits per heavy atom. The molecule has 11 heteroatoms. The minimum absolute atomic E-state index is 0.0206. The number of aromatic nitrogens is 2. The minimum atomic E-state index is -1.33. The van der Waals surface area contributed by atoms with E-state index in [9.17, 15) is 34.3 Å². The summed E-state index contributed by atoms with van der Waals surface area (Å²) in [6.45, 7) is 3.16. The number of fused-ring (bicyclic) bond motifs is 1. The van der Waals surface area contributed by atoms with E-state index in [1.807, 2.05) is 0 Å². The molecule has 0 spiro atoms. The van der Waals surface area contributed by atoms with Crippen molar-refractivity contribution in [2.75, 3.05) is 0 Å². The summed E-state index contributed by atoms with van der Waals surface area (Å²) >= 11 is 0. The molecule has 2 aromatic carbocycles. The molecule has 3 rings (SSSR count). The Morgan fingerprint density at radius 1 is 1.22 bits per heavy atom. The zero-order valence-electron chi connectivity index (χ0n) is 20.6. The van der Waals surface area contributed by atoms with Gasteiger partial charge in [0.1, 0.15) is 11.3 Å². The molecule has 5 N–H and O–H groups in total. The zero-order chi connectivity index (χ0) is 27.3. The molecule has 3 atom stereocenters. The molecule has 0 aliphatic carbocycles. The number of aliphatic hydroxyl groups is 2. The van der Waals surface area contributed by atoms with Crippen LogP contribution in [-0.4, -0.2) is 44.5 Å². The van der Waals surface area contributed by atoms with E-state index in [-0.39, 0.29) is 36.7 Å². The second kappa shape index (κ2) is 11.5. The molecule has 3 aromatic rings. The highest BCUT2D eigenvalue weighted by Crippen LogP contribution is 2.22. The molecule has 0 fully saturated rings. The highest BCUT2D eigenvalue weighted by Gasteiger charge is 2.30. The van der Waals surface area contributed by atoms with E-state index >= 15 is 0 Å². The predicted molar refractivity (Wildman–Crippen MR) is 134 cm³/mol. The number of nitrogens with one attached hydrogen (secondary N) is 1. The molecular weight excluding hydrogens is 483 g/mol. The van der Waals surface area contributed by atoms with E-state index in [0.29, 0.717) is 14.7 Å². The Labute approximate surface area is 212 Å². The van der Waals surface area contributed by atoms with Gasteiger partial charge < -0.3 is 31.2 Å². The maximum Gasteiger partial charge on any atom is 0.286 e. The van der Waals surface area contributed by atoms with Crippen LogP contribution in [0.5, 0.6) is 0 Å². The lowest BCUT2D eigenvalue weighted by Gasteiger charge is -2.28. The molecule has 1 aromatic heterocycles. The zero-order valence-corrected chi connectivity index (χ0v) is 20.6. The van der Waals surface area contributed by atoms with Gasteiger partial charge in [0, 0.05) is 16.9 Å². The van der Waals surface area contributed by atoms with Crippen molar-refractivity contribution < 1.29 is 28.6 Å². The standard InChI is InChI=1S/C26H31FN4O6/c1-26(2,35)11-10-17(24(28)33)14-23(32)19(13-16-6-5-7-18(27)12-16)29-25(34)22-15-30(36)20-8-3-4-9-21(20)31(22)37/h3-9,12,15,17,19,23,32,35H,10-11,13-14H2,1-2H3,(H2,28,33)(H,29,34)/t17-,19+,23+/m1/s1. The fraction of sp³-hybridized carbons (Fsp3) is 0.385. The first-order valence-corrected chi connectivity index (χ1v) is 11.9. The van der Waals surface area contributed by atoms with Crippen LogP contribution in [0.3, 0.4) is 0 Å². The third-order valence-electron chi connectivity index (χ3n) is 6.19. The molecule has 0 aliphatic rings. The Balaban J connectivity index is 1.90. The first-order chi connectivity index (χ1) is 17.4. The summed E-state index contributed by atoms with van der Waals surface area (Å²) in [6.07, 6.45) is -0.241. The number of amides is 2. The number of halogens is 1. The van der Waals surface area contributed by atoms with Gasteiger partial charge in [-0.2, -0.15) is 0 Å². The molecule has 0 unspecified atom stereocenters. The SMILES string of the molecule is CC(C)(O)CC[C@H](C[C@H](O)[C@H](Cc1cccc(F)c1)NC(=O)c1c[n+](=O)c2ccccc2n1[O-])C(N)=O. The van der Waals surface area contributed by atoms with E-state index in [1.54, 1.807) is 32.0 Å². The summed E-state index contributed by atoms with van der Waals surface area (Å²) < 4.78 is 14.5. The van der Waals surface area contributed by atoms with Crippen molar-refractivity contribution in [3.05, 3.63) is 81.9 Å². The van der Waals surface area contributed by atoms with Crippen molar-refractivity contribution in [3.63, 3.8) is 0 Å². The van der Waals surface area contributed by atoms with Crippen LogP contribution in [0.1, 0.15) is 49.2 Å². The van der Waals surface area contributed by atoms with Gasteiger partial charge in [-0.25, -0.2) is 4.39 Å². The van der Waals surface area contributed by atoms with Gasteiger partial charge in [0.05, 0.1) is 22.2 Å². The number of rotatable bonds is 11. The van der Waals surface area contributed by atoms with Gasteiger partial charge >= 0.3 is 0 Å². The molecule has 0 radical (unpaired) electrons. The first-order valence-electron chi connectivity index (χ1n) is 11.9. The first kappa shape index (κ1) is 27.8. The van der Waals surface area contributed by atoms with Gasteiger partial charge in [-0.1, -0.05) is 24.3 Å². The van der Waals surface area contributed by atoms with Crippen molar-refractivity contribution in [1.29, 1.82) is 0 Å². The average Bonchev–Trinajstić information content (AvgIpc) is 2.82. The van der Waals surface area contributed by atoms with Gasteiger partial charge in [-0.3, -0.25) is 9.59 Å². The van der Waals surface area contributed by atoms with E-state index < -0.39 is 47.0 Å². The average molecular weight is 515 g/mol. The van der Waals surface area contributed by atoms with Crippen molar-refractivity contribution in [1.82, 2.24) is 10.0 Å². The Kier molecular flexibility index (Phi) is 8.61. The molecule has 0 saturated carbocycles. The number of benzene rings is 2. The number of carbonyl (C=O) groups excluding carboxylic acids is 2. The fourth-order valence-electron chi connectivity index (χ4n) is 4.14.